The molecule has 0 unspecified atom stereocenters. The Morgan fingerprint density at radius 2 is 0.789 bits per heavy atom. The fourth-order valence-corrected chi connectivity index (χ4v) is 36.3. The Labute approximate surface area is 762 Å². The third kappa shape index (κ3) is 28.1. The SMILES string of the molecule is CC(=O)Nc1nnc(C)s1.CC(=O)Nc1nncs1.CCC[C@H]1CN(CCCOC)S(=O)(=O)c2sc(C)cc21.CCC[C@H]1CN(CCCOC)S(=O)(=O)c2sccc21.CCC[C@H]1C[C@H](C)S(=O)(=O)c2sc(C)cc21.CCC[C@H]1C[C@H](C)S(=O)(=O)c2sccc21.CCN[C@H]1CN(CCCOC)S(=O)(=O)c2sccc21.CCN[C@H]1C[C@H](C)S(=O)(=O)c2sccc21. The monoisotopic (exact) mass is 1970 g/mol. The lowest BCUT2D eigenvalue weighted by atomic mass is 9.91. The smallest absolute Gasteiger partial charge is 0.252 e. The van der Waals surface area contributed by atoms with Gasteiger partial charge in [0.1, 0.15) is 35.8 Å². The third-order valence-electron chi connectivity index (χ3n) is 21.1. The number of carbonyl (C=O) groups excluding carboxylic acids is 2. The minimum absolute atomic E-state index is 0.0947. The third-order valence-corrected chi connectivity index (χ3v) is 43.9. The number of rotatable bonds is 26. The van der Waals surface area contributed by atoms with Gasteiger partial charge in [0.15, 0.2) is 29.5 Å². The summed E-state index contributed by atoms with van der Waals surface area (Å²) in [6, 6.07) is 12.2. The number of hydrogen-bond donors (Lipinski definition) is 4. The van der Waals surface area contributed by atoms with Gasteiger partial charge in [0.25, 0.3) is 30.1 Å². The Hall–Kier alpha value is -4.36. The second kappa shape index (κ2) is 49.6. The van der Waals surface area contributed by atoms with Crippen molar-refractivity contribution in [1.29, 1.82) is 0 Å². The molecule has 8 aromatic heterocycles. The van der Waals surface area contributed by atoms with Gasteiger partial charge in [-0.3, -0.25) is 9.59 Å². The molecule has 0 saturated heterocycles. The zero-order valence-electron chi connectivity index (χ0n) is 73.5. The van der Waals surface area contributed by atoms with E-state index < -0.39 is 59.6 Å². The second-order valence-electron chi connectivity index (χ2n) is 30.7. The first-order valence-corrected chi connectivity index (χ1v) is 57.4. The fourth-order valence-electron chi connectivity index (χ4n) is 15.3. The molecule has 42 heteroatoms. The van der Waals surface area contributed by atoms with E-state index in [1.807, 2.05) is 94.3 Å². The van der Waals surface area contributed by atoms with Gasteiger partial charge in [0, 0.05) is 122 Å². The Balaban J connectivity index is 0.000000195. The lowest BCUT2D eigenvalue weighted by Crippen LogP contribution is -2.43. The van der Waals surface area contributed by atoms with Crippen LogP contribution in [-0.4, -0.2) is 205 Å². The van der Waals surface area contributed by atoms with Crippen LogP contribution in [0.2, 0.25) is 0 Å². The maximum absolute atomic E-state index is 12.7. The lowest BCUT2D eigenvalue weighted by molar-refractivity contribution is -0.115. The van der Waals surface area contributed by atoms with Crippen LogP contribution in [0.4, 0.5) is 10.3 Å². The van der Waals surface area contributed by atoms with E-state index in [1.54, 1.807) is 46.7 Å². The number of aryl methyl sites for hydroxylation is 3. The highest BCUT2D eigenvalue weighted by Gasteiger charge is 2.43. The Kier molecular flexibility index (Phi) is 42.6. The summed E-state index contributed by atoms with van der Waals surface area (Å²) in [6.07, 6.45) is 13.1. The molecule has 14 rings (SSSR count). The van der Waals surface area contributed by atoms with E-state index in [9.17, 15) is 60.1 Å². The zero-order chi connectivity index (χ0) is 90.8. The molecule has 0 bridgehead atoms. The predicted molar refractivity (Wildman–Crippen MR) is 502 cm³/mol. The molecule has 0 saturated carbocycles. The molecule has 0 fully saturated rings. The lowest BCUT2D eigenvalue weighted by Gasteiger charge is -2.32. The number of sulfone groups is 3. The summed E-state index contributed by atoms with van der Waals surface area (Å²) in [7, 11) is -14.1. The van der Waals surface area contributed by atoms with Gasteiger partial charge in [0.05, 0.1) is 15.7 Å². The van der Waals surface area contributed by atoms with Crippen LogP contribution in [0.1, 0.15) is 250 Å². The number of thiophene rings is 6. The first-order valence-electron chi connectivity index (χ1n) is 41.6. The first kappa shape index (κ1) is 106. The van der Waals surface area contributed by atoms with Crippen molar-refractivity contribution in [3.05, 3.63) is 112 Å². The number of nitrogens with one attached hydrogen (secondary N) is 4. The van der Waals surface area contributed by atoms with Crippen LogP contribution in [0.15, 0.2) is 88.7 Å². The summed E-state index contributed by atoms with van der Waals surface area (Å²) >= 11 is 10.9. The van der Waals surface area contributed by atoms with Crippen molar-refractivity contribution in [2.24, 2.45) is 0 Å². The van der Waals surface area contributed by atoms with Crippen LogP contribution >= 0.6 is 90.7 Å². The molecular formula is C81H125N11O17S14. The summed E-state index contributed by atoms with van der Waals surface area (Å²) in [5, 5.41) is 35.0. The number of methoxy groups -OCH3 is 3. The minimum atomic E-state index is -3.31. The molecule has 123 heavy (non-hydrogen) atoms. The highest BCUT2D eigenvalue weighted by Crippen LogP contribution is 2.47. The Morgan fingerprint density at radius 1 is 0.423 bits per heavy atom. The van der Waals surface area contributed by atoms with E-state index >= 15 is 0 Å². The van der Waals surface area contributed by atoms with E-state index in [2.05, 4.69) is 81.5 Å². The summed E-state index contributed by atoms with van der Waals surface area (Å²) < 4.78 is 171. The molecule has 6 aliphatic heterocycles. The van der Waals surface area contributed by atoms with Gasteiger partial charge in [-0.05, 0) is 228 Å². The molecule has 0 aromatic carbocycles. The molecule has 0 radical (unpaired) electrons. The number of carbonyl (C=O) groups is 2. The molecule has 0 spiro atoms. The molecule has 14 heterocycles. The molecule has 0 aliphatic carbocycles. The quantitative estimate of drug-likeness (QED) is 0.0366. The Bertz CT molecular complexity index is 5150. The molecule has 2 amide bonds. The van der Waals surface area contributed by atoms with Crippen molar-refractivity contribution < 1.29 is 74.3 Å². The number of amides is 2. The number of ether oxygens (including phenoxy) is 3. The maximum Gasteiger partial charge on any atom is 0.252 e. The number of nitrogens with zero attached hydrogens (tertiary/aromatic N) is 7. The summed E-state index contributed by atoms with van der Waals surface area (Å²) in [6.45, 7) is 33.6. The fraction of sp³-hybridized carbons (Fsp3) is 0.630. The molecule has 9 atom stereocenters. The topological polar surface area (TPSA) is 376 Å². The van der Waals surface area contributed by atoms with E-state index in [4.69, 9.17) is 14.2 Å². The standard InChI is InChI=1S/C14H23NO3S2.C13H21NO3S2.C12H20N2O3S2.C12H18O2S2.C11H16O2S2.C10H15NO2S2.C5H7N3OS.C4H5N3OS/c1-4-6-12-10-15(7-5-8-18-3)20(16,17)14-13(12)9-11(2)19-14;1-3-5-11-10-14(7-4-8-17-2)19(15,16)13-12(11)6-9-18-13;1-3-13-11-9-14(6-4-7-17-2)19(15,16)12-10(11)5-8-18-12;1-4-5-10-7-9(3)16(13,14)12-11(10)6-8(2)15-12;1-3-4-9-7-8(2)15(12,13)11-10(9)5-6-14-11;1-3-11-9-6-7(2)15(12,13)10-8(9)4-5-14-10;1-3(9)6-5-8-7-4(2)10-5;1-3(8)6-4-7-5-2-9-4/h9,12H,4-8,10H2,1-3H3;6,9,11H,3-5,7-8,10H2,1-2H3;5,8,11,13H,3-4,6-7,9H2,1-2H3;6,9-10H,4-5,7H2,1-3H3;5-6,8-9H,3-4,7H2,1-2H3;4-5,7,9,11H,3,6H2,1-2H3;1-2H3,(H,6,8,9);2H,1H3,(H,6,7,8)/t12-;2*11-;9-,10-;8-,9-;7-,9-;;/m000000../s1. The normalized spacial score (nSPS) is 22.5. The van der Waals surface area contributed by atoms with Crippen LogP contribution in [0, 0.1) is 20.8 Å². The van der Waals surface area contributed by atoms with Gasteiger partial charge in [-0.15, -0.1) is 88.4 Å². The van der Waals surface area contributed by atoms with E-state index in [-0.39, 0.29) is 39.6 Å². The molecule has 6 aliphatic rings. The zero-order valence-corrected chi connectivity index (χ0v) is 84.9. The molecule has 4 N–H and O–H groups in total. The van der Waals surface area contributed by atoms with Crippen molar-refractivity contribution in [3.8, 4) is 0 Å². The number of likely N-dealkylation sites (N-methyl/N-ethyl adjacent to an activating group) is 1. The van der Waals surface area contributed by atoms with Crippen molar-refractivity contribution in [2.45, 2.75) is 264 Å². The van der Waals surface area contributed by atoms with Gasteiger partial charge in [-0.1, -0.05) is 89.9 Å². The van der Waals surface area contributed by atoms with E-state index in [0.29, 0.717) is 125 Å². The maximum atomic E-state index is 12.7. The average Bonchev–Trinajstić information content (AvgIpc) is 1.64. The van der Waals surface area contributed by atoms with Crippen molar-refractivity contribution in [2.75, 3.05) is 104 Å². The number of hydrogen-bond acceptors (Lipinski definition) is 31. The van der Waals surface area contributed by atoms with E-state index in [0.717, 1.165) is 145 Å². The number of fused-ring (bicyclic) bond motifs is 6. The van der Waals surface area contributed by atoms with Crippen molar-refractivity contribution in [1.82, 2.24) is 43.9 Å². The van der Waals surface area contributed by atoms with Crippen molar-refractivity contribution >= 4 is 172 Å². The number of anilines is 2. The first-order chi connectivity index (χ1) is 58.3. The van der Waals surface area contributed by atoms with Crippen LogP contribution in [-0.2, 0) is 83.4 Å². The predicted octanol–water partition coefficient (Wildman–Crippen LogP) is 17.1. The Morgan fingerprint density at radius 3 is 1.23 bits per heavy atom. The average molecular weight is 1970 g/mol. The summed E-state index contributed by atoms with van der Waals surface area (Å²) in [5.74, 6) is 1.35. The van der Waals surface area contributed by atoms with Crippen LogP contribution in [0.25, 0.3) is 0 Å². The van der Waals surface area contributed by atoms with Gasteiger partial charge in [-0.25, -0.2) is 50.5 Å². The van der Waals surface area contributed by atoms with Crippen LogP contribution < -0.4 is 21.3 Å². The molecular weight excluding hydrogens is 1850 g/mol. The summed E-state index contributed by atoms with van der Waals surface area (Å²) in [5.41, 5.74) is 7.65. The molecule has 8 aromatic rings. The van der Waals surface area contributed by atoms with Crippen LogP contribution in [0.3, 0.4) is 0 Å². The largest absolute Gasteiger partial charge is 0.385 e. The van der Waals surface area contributed by atoms with Gasteiger partial charge < -0.3 is 35.5 Å². The van der Waals surface area contributed by atoms with E-state index in [1.165, 1.54) is 105 Å². The number of aromatic nitrogens is 4. The summed E-state index contributed by atoms with van der Waals surface area (Å²) in [4.78, 5) is 23.0. The second-order valence-corrected chi connectivity index (χ2v) is 52.9. The highest BCUT2D eigenvalue weighted by atomic mass is 32.3. The van der Waals surface area contributed by atoms with Crippen molar-refractivity contribution in [3.63, 3.8) is 0 Å². The number of sulfonamides is 3. The minimum Gasteiger partial charge on any atom is -0.385 e. The van der Waals surface area contributed by atoms with Gasteiger partial charge in [-0.2, -0.15) is 12.9 Å². The molecule has 28 nitrogen and oxygen atoms in total. The van der Waals surface area contributed by atoms with Gasteiger partial charge in [0.2, 0.25) is 22.1 Å². The molecule has 690 valence electrons. The highest BCUT2D eigenvalue weighted by molar-refractivity contribution is 7.95. The van der Waals surface area contributed by atoms with Gasteiger partial charge >= 0.3 is 0 Å². The van der Waals surface area contributed by atoms with Crippen LogP contribution in [0.5, 0.6) is 0 Å².